The quantitative estimate of drug-likeness (QED) is 0.774. The average Bonchev–Trinajstić information content (AvgIpc) is 2.98. The van der Waals surface area contributed by atoms with Gasteiger partial charge in [0.2, 0.25) is 0 Å². The third-order valence-electron chi connectivity index (χ3n) is 4.32. The lowest BCUT2D eigenvalue weighted by Gasteiger charge is -2.28. The van der Waals surface area contributed by atoms with Gasteiger partial charge in [-0.2, -0.15) is 0 Å². The molecule has 0 saturated heterocycles. The van der Waals surface area contributed by atoms with Crippen molar-refractivity contribution in [2.45, 2.75) is 44.4 Å². The van der Waals surface area contributed by atoms with Crippen LogP contribution in [0.15, 0.2) is 36.4 Å². The predicted octanol–water partition coefficient (Wildman–Crippen LogP) is 4.55. The monoisotopic (exact) mass is 286 g/mol. The molecule has 0 bridgehead atoms. The Kier molecular flexibility index (Phi) is 3.75. The second kappa shape index (κ2) is 5.53. The maximum absolute atomic E-state index is 6.21. The zero-order valence-corrected chi connectivity index (χ0v) is 12.5. The van der Waals surface area contributed by atoms with Crippen LogP contribution in [0.25, 0.3) is 0 Å². The number of rotatable bonds is 3. The van der Waals surface area contributed by atoms with Crippen molar-refractivity contribution in [2.24, 2.45) is 0 Å². The van der Waals surface area contributed by atoms with Crippen LogP contribution in [0.1, 0.15) is 49.7 Å². The molecule has 0 radical (unpaired) electrons. The van der Waals surface area contributed by atoms with Crippen LogP contribution >= 0.6 is 11.6 Å². The van der Waals surface area contributed by atoms with Crippen molar-refractivity contribution < 1.29 is 0 Å². The number of halogens is 1. The van der Waals surface area contributed by atoms with Crippen LogP contribution in [0.4, 0.5) is 0 Å². The van der Waals surface area contributed by atoms with Crippen molar-refractivity contribution in [1.82, 2.24) is 9.97 Å². The van der Waals surface area contributed by atoms with E-state index in [0.717, 1.165) is 30.8 Å². The van der Waals surface area contributed by atoms with Gasteiger partial charge in [-0.15, -0.1) is 0 Å². The number of aryl methyl sites for hydroxylation is 1. The summed E-state index contributed by atoms with van der Waals surface area (Å²) in [6, 6.07) is 12.5. The SMILES string of the molecule is CCc1cc(Cl)nc(C2(c3ccccc3)CCCC2)n1. The van der Waals surface area contributed by atoms with E-state index in [4.69, 9.17) is 16.6 Å². The van der Waals surface area contributed by atoms with Gasteiger partial charge < -0.3 is 0 Å². The molecule has 0 atom stereocenters. The molecule has 0 N–H and O–H groups in total. The fourth-order valence-corrected chi connectivity index (χ4v) is 3.44. The maximum Gasteiger partial charge on any atom is 0.140 e. The summed E-state index contributed by atoms with van der Waals surface area (Å²) < 4.78 is 0. The lowest BCUT2D eigenvalue weighted by molar-refractivity contribution is 0.496. The Hall–Kier alpha value is -1.41. The molecule has 1 aromatic carbocycles. The van der Waals surface area contributed by atoms with E-state index in [2.05, 4.69) is 42.2 Å². The van der Waals surface area contributed by atoms with Crippen molar-refractivity contribution in [2.75, 3.05) is 0 Å². The lowest BCUT2D eigenvalue weighted by atomic mass is 9.78. The number of hydrogen-bond acceptors (Lipinski definition) is 2. The number of benzene rings is 1. The van der Waals surface area contributed by atoms with E-state index in [9.17, 15) is 0 Å². The van der Waals surface area contributed by atoms with E-state index in [0.29, 0.717) is 5.15 Å². The van der Waals surface area contributed by atoms with Crippen molar-refractivity contribution in [3.8, 4) is 0 Å². The highest BCUT2D eigenvalue weighted by Gasteiger charge is 2.40. The largest absolute Gasteiger partial charge is 0.237 e. The molecule has 1 aliphatic rings. The van der Waals surface area contributed by atoms with E-state index in [1.807, 2.05) is 6.07 Å². The van der Waals surface area contributed by atoms with Gasteiger partial charge in [-0.25, -0.2) is 9.97 Å². The lowest BCUT2D eigenvalue weighted by Crippen LogP contribution is -2.27. The Balaban J connectivity index is 2.14. The highest BCUT2D eigenvalue weighted by molar-refractivity contribution is 6.29. The minimum Gasteiger partial charge on any atom is -0.237 e. The van der Waals surface area contributed by atoms with Crippen LogP contribution in [0.2, 0.25) is 5.15 Å². The summed E-state index contributed by atoms with van der Waals surface area (Å²) in [5, 5.41) is 0.564. The standard InChI is InChI=1S/C17H19ClN2/c1-2-14-12-15(18)20-16(19-14)17(10-6-7-11-17)13-8-4-3-5-9-13/h3-5,8-9,12H,2,6-7,10-11H2,1H3. The van der Waals surface area contributed by atoms with E-state index in [1.54, 1.807) is 0 Å². The van der Waals surface area contributed by atoms with Gasteiger partial charge in [0.25, 0.3) is 0 Å². The molecule has 3 rings (SSSR count). The van der Waals surface area contributed by atoms with Gasteiger partial charge in [0, 0.05) is 5.69 Å². The van der Waals surface area contributed by atoms with Gasteiger partial charge in [-0.3, -0.25) is 0 Å². The van der Waals surface area contributed by atoms with Crippen LogP contribution in [-0.2, 0) is 11.8 Å². The van der Waals surface area contributed by atoms with Crippen LogP contribution < -0.4 is 0 Å². The smallest absolute Gasteiger partial charge is 0.140 e. The molecule has 0 amide bonds. The van der Waals surface area contributed by atoms with E-state index in [1.165, 1.54) is 18.4 Å². The molecular formula is C17H19ClN2. The Morgan fingerprint density at radius 1 is 1.10 bits per heavy atom. The second-order valence-electron chi connectivity index (χ2n) is 5.51. The Morgan fingerprint density at radius 2 is 1.80 bits per heavy atom. The summed E-state index contributed by atoms with van der Waals surface area (Å²) in [6.07, 6.45) is 5.57. The first-order valence-electron chi connectivity index (χ1n) is 7.34. The van der Waals surface area contributed by atoms with Crippen molar-refractivity contribution in [1.29, 1.82) is 0 Å². The van der Waals surface area contributed by atoms with Gasteiger partial charge in [0.15, 0.2) is 0 Å². The summed E-state index contributed by atoms with van der Waals surface area (Å²) >= 11 is 6.21. The molecule has 1 saturated carbocycles. The first kappa shape index (κ1) is 13.6. The van der Waals surface area contributed by atoms with Crippen molar-refractivity contribution >= 4 is 11.6 Å². The normalized spacial score (nSPS) is 17.3. The average molecular weight is 287 g/mol. The number of aromatic nitrogens is 2. The topological polar surface area (TPSA) is 25.8 Å². The van der Waals surface area contributed by atoms with E-state index >= 15 is 0 Å². The van der Waals surface area contributed by atoms with Crippen LogP contribution in [0.3, 0.4) is 0 Å². The Labute approximate surface area is 125 Å². The summed E-state index contributed by atoms with van der Waals surface area (Å²) in [5.41, 5.74) is 2.31. The molecule has 0 aliphatic heterocycles. The number of hydrogen-bond donors (Lipinski definition) is 0. The molecule has 3 heteroatoms. The minimum atomic E-state index is -0.0456. The Morgan fingerprint density at radius 3 is 2.45 bits per heavy atom. The van der Waals surface area contributed by atoms with Gasteiger partial charge in [0.05, 0.1) is 5.41 Å². The van der Waals surface area contributed by atoms with Gasteiger partial charge in [-0.1, -0.05) is 61.7 Å². The third kappa shape index (κ3) is 2.33. The van der Waals surface area contributed by atoms with Crippen molar-refractivity contribution in [3.05, 3.63) is 58.6 Å². The molecule has 1 fully saturated rings. The van der Waals surface area contributed by atoms with Gasteiger partial charge in [0.1, 0.15) is 11.0 Å². The molecule has 2 nitrogen and oxygen atoms in total. The molecule has 0 spiro atoms. The second-order valence-corrected chi connectivity index (χ2v) is 5.90. The van der Waals surface area contributed by atoms with Gasteiger partial charge in [-0.05, 0) is 30.9 Å². The molecule has 1 heterocycles. The molecular weight excluding hydrogens is 268 g/mol. The van der Waals surface area contributed by atoms with Crippen molar-refractivity contribution in [3.63, 3.8) is 0 Å². The molecule has 104 valence electrons. The molecule has 1 aromatic heterocycles. The summed E-state index contributed by atoms with van der Waals surface area (Å²) in [6.45, 7) is 2.10. The zero-order chi connectivity index (χ0) is 14.0. The van der Waals surface area contributed by atoms with Gasteiger partial charge >= 0.3 is 0 Å². The Bertz CT molecular complexity index is 589. The fraction of sp³-hybridized carbons (Fsp3) is 0.412. The van der Waals surface area contributed by atoms with E-state index in [-0.39, 0.29) is 5.41 Å². The van der Waals surface area contributed by atoms with E-state index < -0.39 is 0 Å². The molecule has 2 aromatic rings. The fourth-order valence-electron chi connectivity index (χ4n) is 3.24. The zero-order valence-electron chi connectivity index (χ0n) is 11.8. The summed E-state index contributed by atoms with van der Waals surface area (Å²) in [7, 11) is 0. The molecule has 0 unspecified atom stereocenters. The third-order valence-corrected chi connectivity index (χ3v) is 4.52. The highest BCUT2D eigenvalue weighted by Crippen LogP contribution is 2.45. The maximum atomic E-state index is 6.21. The van der Waals surface area contributed by atoms with Crippen LogP contribution in [0, 0.1) is 0 Å². The first-order valence-corrected chi connectivity index (χ1v) is 7.72. The first-order chi connectivity index (χ1) is 9.74. The molecule has 1 aliphatic carbocycles. The number of nitrogens with zero attached hydrogens (tertiary/aromatic N) is 2. The molecule has 20 heavy (non-hydrogen) atoms. The van der Waals surface area contributed by atoms with Crippen LogP contribution in [-0.4, -0.2) is 9.97 Å². The summed E-state index contributed by atoms with van der Waals surface area (Å²) in [4.78, 5) is 9.35. The minimum absolute atomic E-state index is 0.0456. The summed E-state index contributed by atoms with van der Waals surface area (Å²) in [5.74, 6) is 0.908. The predicted molar refractivity (Wildman–Crippen MR) is 82.1 cm³/mol. The van der Waals surface area contributed by atoms with Crippen LogP contribution in [0.5, 0.6) is 0 Å². The highest BCUT2D eigenvalue weighted by atomic mass is 35.5.